The summed E-state index contributed by atoms with van der Waals surface area (Å²) in [5.41, 5.74) is -0.175. The standard InChI is InChI=1S/C10H11F3O.C10H9F3O.CO2/c2*1-6-3-8(7(2)14)5-9(4-6)10(11,12)13;2-1-3/h3-5,7,14H,1-2H3;3-5H,1-2H3;/t7-;;/m0../s1. The molecule has 0 aromatic heterocycles. The molecule has 0 spiro atoms. The summed E-state index contributed by atoms with van der Waals surface area (Å²) in [5, 5.41) is 9.17. The zero-order chi connectivity index (χ0) is 24.6. The monoisotopic (exact) mass is 450 g/mol. The maximum absolute atomic E-state index is 12.3. The van der Waals surface area contributed by atoms with Gasteiger partial charge in [0.1, 0.15) is 0 Å². The number of hydrogen-bond donors (Lipinski definition) is 1. The van der Waals surface area contributed by atoms with E-state index in [4.69, 9.17) is 9.59 Å². The van der Waals surface area contributed by atoms with Crippen LogP contribution in [0.4, 0.5) is 26.3 Å². The summed E-state index contributed by atoms with van der Waals surface area (Å²) in [6.07, 6.45) is -9.37. The molecule has 0 unspecified atom stereocenters. The van der Waals surface area contributed by atoms with Gasteiger partial charge in [0.15, 0.2) is 5.78 Å². The van der Waals surface area contributed by atoms with Gasteiger partial charge >= 0.3 is 18.5 Å². The maximum atomic E-state index is 12.3. The number of carbonyl (C=O) groups is 1. The second kappa shape index (κ2) is 11.4. The lowest BCUT2D eigenvalue weighted by Gasteiger charge is -2.11. The molecule has 4 nitrogen and oxygen atoms in total. The zero-order valence-corrected chi connectivity index (χ0v) is 17.0. The molecule has 2 rings (SSSR count). The van der Waals surface area contributed by atoms with E-state index in [9.17, 15) is 36.2 Å². The predicted molar refractivity (Wildman–Crippen MR) is 98.0 cm³/mol. The minimum absolute atomic E-state index is 0.0947. The summed E-state index contributed by atoms with van der Waals surface area (Å²) in [6.45, 7) is 5.78. The first-order chi connectivity index (χ1) is 14.0. The Morgan fingerprint density at radius 1 is 0.839 bits per heavy atom. The van der Waals surface area contributed by atoms with E-state index in [0.29, 0.717) is 11.1 Å². The number of benzene rings is 2. The lowest BCUT2D eigenvalue weighted by Crippen LogP contribution is -2.07. The molecule has 2 aromatic carbocycles. The summed E-state index contributed by atoms with van der Waals surface area (Å²) in [6, 6.07) is 6.91. The van der Waals surface area contributed by atoms with Crippen LogP contribution in [0, 0.1) is 13.8 Å². The average Bonchev–Trinajstić information content (AvgIpc) is 2.60. The molecule has 0 saturated carbocycles. The predicted octanol–water partition coefficient (Wildman–Crippen LogP) is 5.70. The van der Waals surface area contributed by atoms with Crippen molar-refractivity contribution in [3.05, 3.63) is 69.8 Å². The molecular weight excluding hydrogens is 430 g/mol. The van der Waals surface area contributed by atoms with Gasteiger partial charge in [-0.25, -0.2) is 0 Å². The molecule has 31 heavy (non-hydrogen) atoms. The normalized spacial score (nSPS) is 11.8. The van der Waals surface area contributed by atoms with Gasteiger partial charge in [-0.2, -0.15) is 35.9 Å². The van der Waals surface area contributed by atoms with E-state index in [1.807, 2.05) is 0 Å². The maximum Gasteiger partial charge on any atom is 0.416 e. The highest BCUT2D eigenvalue weighted by molar-refractivity contribution is 5.94. The summed E-state index contributed by atoms with van der Waals surface area (Å²) >= 11 is 0. The number of aliphatic hydroxyl groups is 1. The molecule has 0 heterocycles. The fourth-order valence-corrected chi connectivity index (χ4v) is 2.37. The third kappa shape index (κ3) is 10.1. The van der Waals surface area contributed by atoms with Crippen LogP contribution < -0.4 is 0 Å². The Labute approximate surface area is 174 Å². The molecular formula is C21H20F6O4. The van der Waals surface area contributed by atoms with Crippen LogP contribution in [-0.4, -0.2) is 17.0 Å². The van der Waals surface area contributed by atoms with Crippen LogP contribution in [0.1, 0.15) is 58.1 Å². The van der Waals surface area contributed by atoms with Gasteiger partial charge in [-0.1, -0.05) is 11.6 Å². The number of rotatable bonds is 2. The van der Waals surface area contributed by atoms with Gasteiger partial charge in [-0.05, 0) is 69.2 Å². The summed E-state index contributed by atoms with van der Waals surface area (Å²) in [7, 11) is 0. The first-order valence-corrected chi connectivity index (χ1v) is 8.58. The Hall–Kier alpha value is -2.97. The Morgan fingerprint density at radius 2 is 1.23 bits per heavy atom. The molecule has 1 atom stereocenters. The molecule has 0 aliphatic carbocycles. The van der Waals surface area contributed by atoms with Crippen molar-refractivity contribution in [2.45, 2.75) is 46.2 Å². The average molecular weight is 450 g/mol. The number of halogens is 6. The summed E-state index contributed by atoms with van der Waals surface area (Å²) in [4.78, 5) is 27.2. The third-order valence-electron chi connectivity index (χ3n) is 3.72. The first-order valence-electron chi connectivity index (χ1n) is 8.58. The zero-order valence-electron chi connectivity index (χ0n) is 17.0. The largest absolute Gasteiger partial charge is 0.416 e. The van der Waals surface area contributed by atoms with E-state index in [0.717, 1.165) is 24.3 Å². The van der Waals surface area contributed by atoms with Gasteiger partial charge in [0.25, 0.3) is 0 Å². The molecule has 170 valence electrons. The van der Waals surface area contributed by atoms with Crippen molar-refractivity contribution >= 4 is 11.9 Å². The van der Waals surface area contributed by atoms with E-state index < -0.39 is 29.6 Å². The van der Waals surface area contributed by atoms with E-state index in [-0.39, 0.29) is 23.1 Å². The topological polar surface area (TPSA) is 71.4 Å². The molecule has 0 aliphatic heterocycles. The lowest BCUT2D eigenvalue weighted by atomic mass is 10.0. The van der Waals surface area contributed by atoms with Crippen molar-refractivity contribution in [2.75, 3.05) is 0 Å². The minimum Gasteiger partial charge on any atom is -0.389 e. The van der Waals surface area contributed by atoms with Crippen LogP contribution in [0.2, 0.25) is 0 Å². The van der Waals surface area contributed by atoms with Crippen molar-refractivity contribution in [2.24, 2.45) is 0 Å². The fourth-order valence-electron chi connectivity index (χ4n) is 2.37. The number of ketones is 1. The quantitative estimate of drug-likeness (QED) is 0.471. The number of carbonyl (C=O) groups excluding carboxylic acids is 3. The van der Waals surface area contributed by atoms with Crippen molar-refractivity contribution in [1.82, 2.24) is 0 Å². The van der Waals surface area contributed by atoms with Crippen LogP contribution in [0.25, 0.3) is 0 Å². The molecule has 2 aromatic rings. The van der Waals surface area contributed by atoms with Crippen molar-refractivity contribution in [1.29, 1.82) is 0 Å². The van der Waals surface area contributed by atoms with E-state index in [1.165, 1.54) is 26.8 Å². The van der Waals surface area contributed by atoms with Gasteiger partial charge in [-0.3, -0.25) is 4.79 Å². The number of hydrogen-bond acceptors (Lipinski definition) is 4. The first kappa shape index (κ1) is 28.0. The summed E-state index contributed by atoms with van der Waals surface area (Å²) < 4.78 is 73.9. The minimum atomic E-state index is -4.39. The molecule has 0 saturated heterocycles. The number of alkyl halides is 6. The number of aryl methyl sites for hydroxylation is 2. The molecule has 0 bridgehead atoms. The molecule has 0 fully saturated rings. The number of Topliss-reactive ketones (excluding diaryl/α,β-unsaturated/α-hetero) is 1. The smallest absolute Gasteiger partial charge is 0.389 e. The van der Waals surface area contributed by atoms with E-state index >= 15 is 0 Å². The van der Waals surface area contributed by atoms with Gasteiger partial charge in [0.2, 0.25) is 0 Å². The highest BCUT2D eigenvalue weighted by Crippen LogP contribution is 2.32. The van der Waals surface area contributed by atoms with Crippen LogP contribution in [-0.2, 0) is 21.9 Å². The van der Waals surface area contributed by atoms with E-state index in [2.05, 4.69) is 0 Å². The van der Waals surface area contributed by atoms with Gasteiger partial charge in [-0.15, -0.1) is 0 Å². The summed E-state index contributed by atoms with van der Waals surface area (Å²) in [5.74, 6) is -0.362. The highest BCUT2D eigenvalue weighted by Gasteiger charge is 2.31. The molecule has 10 heteroatoms. The molecule has 0 amide bonds. The van der Waals surface area contributed by atoms with Crippen LogP contribution in [0.3, 0.4) is 0 Å². The van der Waals surface area contributed by atoms with Crippen molar-refractivity contribution < 1.29 is 45.8 Å². The highest BCUT2D eigenvalue weighted by atomic mass is 19.4. The SMILES string of the molecule is CC(=O)c1cc(C)cc(C(F)(F)F)c1.Cc1cc([C@H](C)O)cc(C(F)(F)F)c1.O=C=O. The molecule has 0 radical (unpaired) electrons. The van der Waals surface area contributed by atoms with Crippen LogP contribution >= 0.6 is 0 Å². The van der Waals surface area contributed by atoms with Crippen molar-refractivity contribution in [3.63, 3.8) is 0 Å². The molecule has 0 aliphatic rings. The van der Waals surface area contributed by atoms with E-state index in [1.54, 1.807) is 13.0 Å². The van der Waals surface area contributed by atoms with Crippen molar-refractivity contribution in [3.8, 4) is 0 Å². The second-order valence-corrected chi connectivity index (χ2v) is 6.53. The Bertz CT molecular complexity index is 924. The number of aliphatic hydroxyl groups excluding tert-OH is 1. The second-order valence-electron chi connectivity index (χ2n) is 6.53. The third-order valence-corrected chi connectivity index (χ3v) is 3.72. The fraction of sp³-hybridized carbons (Fsp3) is 0.333. The Balaban J connectivity index is 0.000000516. The van der Waals surface area contributed by atoms with Gasteiger partial charge in [0.05, 0.1) is 17.2 Å². The Kier molecular flexibility index (Phi) is 10.3. The lowest BCUT2D eigenvalue weighted by molar-refractivity contribution is -0.191. The molecule has 1 N–H and O–H groups in total. The van der Waals surface area contributed by atoms with Gasteiger partial charge < -0.3 is 5.11 Å². The van der Waals surface area contributed by atoms with Crippen LogP contribution in [0.15, 0.2) is 36.4 Å². The van der Waals surface area contributed by atoms with Crippen LogP contribution in [0.5, 0.6) is 0 Å². The van der Waals surface area contributed by atoms with Gasteiger partial charge in [0, 0.05) is 5.56 Å². The Morgan fingerprint density at radius 3 is 1.58 bits per heavy atom.